The van der Waals surface area contributed by atoms with Crippen molar-refractivity contribution in [2.45, 2.75) is 62.3 Å². The van der Waals surface area contributed by atoms with Gasteiger partial charge in [0.1, 0.15) is 11.6 Å². The molecule has 4 aromatic rings. The summed E-state index contributed by atoms with van der Waals surface area (Å²) in [5.41, 5.74) is 2.20. The summed E-state index contributed by atoms with van der Waals surface area (Å²) in [7, 11) is -4.42. The van der Waals surface area contributed by atoms with Crippen molar-refractivity contribution in [2.75, 3.05) is 0 Å². The molecule has 0 fully saturated rings. The topological polar surface area (TPSA) is 102 Å². The number of pyridine rings is 1. The van der Waals surface area contributed by atoms with Gasteiger partial charge in [-0.15, -0.1) is 0 Å². The molecule has 1 atom stereocenters. The average Bonchev–Trinajstić information content (AvgIpc) is 2.90. The van der Waals surface area contributed by atoms with E-state index in [2.05, 4.69) is 9.97 Å². The standard InChI is InChI=1S/C29H30FN3O4S/c1-4-6-9-26-32-28(34)27(29(35)33(26)25(5-2)21-10-14-22(30)15-11-21)38(36,37)23-16-12-20(13-17-23)24-8-7-18-31-19(24)3/h7-8,10-18,25,34H,4-6,9H2,1-3H3. The van der Waals surface area contributed by atoms with E-state index in [1.807, 2.05) is 26.8 Å². The molecule has 0 bridgehead atoms. The van der Waals surface area contributed by atoms with Crippen LogP contribution in [0.3, 0.4) is 0 Å². The molecule has 7 nitrogen and oxygen atoms in total. The summed E-state index contributed by atoms with van der Waals surface area (Å²) in [5.74, 6) is -0.954. The van der Waals surface area contributed by atoms with Crippen molar-refractivity contribution in [3.63, 3.8) is 0 Å². The Kier molecular flexibility index (Phi) is 8.06. The molecule has 0 spiro atoms. The fourth-order valence-corrected chi connectivity index (χ4v) is 5.93. The van der Waals surface area contributed by atoms with Gasteiger partial charge in [-0.25, -0.2) is 12.8 Å². The molecular weight excluding hydrogens is 505 g/mol. The summed E-state index contributed by atoms with van der Waals surface area (Å²) in [6.45, 7) is 5.69. The Bertz CT molecular complexity index is 1600. The fraction of sp³-hybridized carbons (Fsp3) is 0.276. The first-order valence-electron chi connectivity index (χ1n) is 12.6. The molecule has 9 heteroatoms. The predicted octanol–water partition coefficient (Wildman–Crippen LogP) is 5.63. The van der Waals surface area contributed by atoms with Gasteiger partial charge < -0.3 is 5.11 Å². The molecule has 0 saturated heterocycles. The van der Waals surface area contributed by atoms with Gasteiger partial charge in [-0.3, -0.25) is 14.3 Å². The molecule has 38 heavy (non-hydrogen) atoms. The molecule has 0 saturated carbocycles. The molecule has 4 rings (SSSR count). The second-order valence-electron chi connectivity index (χ2n) is 9.10. The first kappa shape index (κ1) is 27.2. The van der Waals surface area contributed by atoms with Gasteiger partial charge in [0.2, 0.25) is 15.7 Å². The molecule has 0 radical (unpaired) electrons. The second-order valence-corrected chi connectivity index (χ2v) is 11.0. The molecule has 0 aliphatic carbocycles. The van der Waals surface area contributed by atoms with E-state index in [1.54, 1.807) is 36.5 Å². The van der Waals surface area contributed by atoms with Gasteiger partial charge in [0, 0.05) is 23.9 Å². The minimum atomic E-state index is -4.42. The van der Waals surface area contributed by atoms with Crippen LogP contribution in [0.1, 0.15) is 56.2 Å². The number of aromatic hydroxyl groups is 1. The first-order chi connectivity index (χ1) is 18.2. The van der Waals surface area contributed by atoms with E-state index >= 15 is 0 Å². The van der Waals surface area contributed by atoms with E-state index in [4.69, 9.17) is 0 Å². The lowest BCUT2D eigenvalue weighted by Crippen LogP contribution is -2.33. The van der Waals surface area contributed by atoms with Crippen molar-refractivity contribution in [1.82, 2.24) is 14.5 Å². The smallest absolute Gasteiger partial charge is 0.277 e. The molecule has 0 aliphatic rings. The summed E-state index contributed by atoms with van der Waals surface area (Å²) in [6, 6.07) is 14.9. The summed E-state index contributed by atoms with van der Waals surface area (Å²) in [5, 5.41) is 10.8. The maximum absolute atomic E-state index is 13.9. The average molecular weight is 536 g/mol. The zero-order chi connectivity index (χ0) is 27.4. The van der Waals surface area contributed by atoms with Gasteiger partial charge in [0.15, 0.2) is 4.90 Å². The number of hydrogen-bond donors (Lipinski definition) is 1. The van der Waals surface area contributed by atoms with E-state index in [1.165, 1.54) is 28.8 Å². The van der Waals surface area contributed by atoms with Crippen molar-refractivity contribution in [3.05, 3.63) is 100 Å². The van der Waals surface area contributed by atoms with Crippen LogP contribution in [-0.2, 0) is 16.3 Å². The van der Waals surface area contributed by atoms with Gasteiger partial charge in [-0.2, -0.15) is 4.98 Å². The maximum Gasteiger partial charge on any atom is 0.277 e. The molecule has 2 heterocycles. The Morgan fingerprint density at radius 2 is 1.71 bits per heavy atom. The zero-order valence-corrected chi connectivity index (χ0v) is 22.4. The largest absolute Gasteiger partial charge is 0.492 e. The van der Waals surface area contributed by atoms with Crippen LogP contribution in [0, 0.1) is 12.7 Å². The monoisotopic (exact) mass is 535 g/mol. The summed E-state index contributed by atoms with van der Waals surface area (Å²) < 4.78 is 42.3. The van der Waals surface area contributed by atoms with Crippen molar-refractivity contribution < 1.29 is 17.9 Å². The number of benzene rings is 2. The van der Waals surface area contributed by atoms with E-state index in [9.17, 15) is 22.7 Å². The fourth-order valence-electron chi connectivity index (χ4n) is 4.59. The lowest BCUT2D eigenvalue weighted by atomic mass is 10.0. The third kappa shape index (κ3) is 5.24. The van der Waals surface area contributed by atoms with Crippen LogP contribution in [0.2, 0.25) is 0 Å². The van der Waals surface area contributed by atoms with Crippen molar-refractivity contribution in [3.8, 4) is 17.0 Å². The van der Waals surface area contributed by atoms with Crippen LogP contribution in [0.5, 0.6) is 5.88 Å². The van der Waals surface area contributed by atoms with Crippen molar-refractivity contribution >= 4 is 9.84 Å². The SMILES string of the molecule is CCCCc1nc(O)c(S(=O)(=O)c2ccc(-c3cccnc3C)cc2)c(=O)n1C(CC)c1ccc(F)cc1. The molecule has 0 amide bonds. The number of aryl methyl sites for hydroxylation is 2. The quantitative estimate of drug-likeness (QED) is 0.298. The Morgan fingerprint density at radius 3 is 2.32 bits per heavy atom. The Hall–Kier alpha value is -3.85. The Morgan fingerprint density at radius 1 is 1.03 bits per heavy atom. The highest BCUT2D eigenvalue weighted by Crippen LogP contribution is 2.30. The predicted molar refractivity (Wildman–Crippen MR) is 143 cm³/mol. The van der Waals surface area contributed by atoms with E-state index < -0.39 is 38.0 Å². The number of nitrogens with zero attached hydrogens (tertiary/aromatic N) is 3. The second kappa shape index (κ2) is 11.3. The van der Waals surface area contributed by atoms with E-state index in [0.717, 1.165) is 23.2 Å². The van der Waals surface area contributed by atoms with Crippen LogP contribution < -0.4 is 5.56 Å². The Labute approximate surface area is 221 Å². The lowest BCUT2D eigenvalue weighted by Gasteiger charge is -2.23. The van der Waals surface area contributed by atoms with Gasteiger partial charge in [-0.1, -0.05) is 50.6 Å². The number of aromatic nitrogens is 3. The van der Waals surface area contributed by atoms with Crippen molar-refractivity contribution in [1.29, 1.82) is 0 Å². The normalized spacial score (nSPS) is 12.4. The minimum absolute atomic E-state index is 0.139. The van der Waals surface area contributed by atoms with Gasteiger partial charge in [0.05, 0.1) is 10.9 Å². The molecule has 2 aromatic carbocycles. The van der Waals surface area contributed by atoms with Crippen LogP contribution in [0.25, 0.3) is 11.1 Å². The number of rotatable bonds is 9. The lowest BCUT2D eigenvalue weighted by molar-refractivity contribution is 0.406. The molecule has 1 unspecified atom stereocenters. The highest BCUT2D eigenvalue weighted by Gasteiger charge is 2.31. The van der Waals surface area contributed by atoms with Gasteiger partial charge in [0.25, 0.3) is 5.56 Å². The highest BCUT2D eigenvalue weighted by molar-refractivity contribution is 7.91. The molecule has 0 aliphatic heterocycles. The maximum atomic E-state index is 13.9. The van der Waals surface area contributed by atoms with Crippen LogP contribution in [0.4, 0.5) is 4.39 Å². The number of sulfone groups is 1. The van der Waals surface area contributed by atoms with Crippen LogP contribution in [0.15, 0.2) is 81.4 Å². The summed E-state index contributed by atoms with van der Waals surface area (Å²) in [6.07, 6.45) is 3.98. The third-order valence-electron chi connectivity index (χ3n) is 6.59. The highest BCUT2D eigenvalue weighted by atomic mass is 32.2. The third-order valence-corrected chi connectivity index (χ3v) is 8.37. The summed E-state index contributed by atoms with van der Waals surface area (Å²) in [4.78, 5) is 21.4. The van der Waals surface area contributed by atoms with E-state index in [0.29, 0.717) is 24.8 Å². The number of halogens is 1. The minimum Gasteiger partial charge on any atom is -0.492 e. The first-order valence-corrected chi connectivity index (χ1v) is 14.0. The zero-order valence-electron chi connectivity index (χ0n) is 21.6. The van der Waals surface area contributed by atoms with E-state index in [-0.39, 0.29) is 10.7 Å². The summed E-state index contributed by atoms with van der Waals surface area (Å²) >= 11 is 0. The van der Waals surface area contributed by atoms with Crippen LogP contribution in [-0.4, -0.2) is 28.1 Å². The molecule has 2 aromatic heterocycles. The molecule has 1 N–H and O–H groups in total. The molecule has 198 valence electrons. The number of unbranched alkanes of at least 4 members (excludes halogenated alkanes) is 1. The van der Waals surface area contributed by atoms with Gasteiger partial charge >= 0.3 is 0 Å². The van der Waals surface area contributed by atoms with Gasteiger partial charge in [-0.05, 0) is 61.2 Å². The Balaban J connectivity index is 1.86. The number of hydrogen-bond acceptors (Lipinski definition) is 6. The van der Waals surface area contributed by atoms with Crippen LogP contribution >= 0.6 is 0 Å². The van der Waals surface area contributed by atoms with Crippen molar-refractivity contribution in [2.24, 2.45) is 0 Å². The molecular formula is C29H30FN3O4S.